The minimum Gasteiger partial charge on any atom is -0.508 e. The van der Waals surface area contributed by atoms with Crippen molar-refractivity contribution in [2.75, 3.05) is 20.6 Å². The predicted octanol–water partition coefficient (Wildman–Crippen LogP) is 4.26. The van der Waals surface area contributed by atoms with Crippen LogP contribution >= 0.6 is 11.3 Å². The fourth-order valence-electron chi connectivity index (χ4n) is 4.02. The summed E-state index contributed by atoms with van der Waals surface area (Å²) in [6, 6.07) is 5.13. The van der Waals surface area contributed by atoms with Gasteiger partial charge in [-0.15, -0.1) is 11.3 Å². The Morgan fingerprint density at radius 3 is 2.58 bits per heavy atom. The third-order valence-electron chi connectivity index (χ3n) is 6.25. The molecule has 2 N–H and O–H groups in total. The number of nitrogens with one attached hydrogen (secondary N) is 1. The minimum absolute atomic E-state index is 0.0356. The fourth-order valence-corrected chi connectivity index (χ4v) is 4.86. The van der Waals surface area contributed by atoms with Gasteiger partial charge in [0.15, 0.2) is 0 Å². The van der Waals surface area contributed by atoms with Gasteiger partial charge in [0.1, 0.15) is 5.75 Å². The minimum atomic E-state index is -4.34. The lowest BCUT2D eigenvalue weighted by Crippen LogP contribution is -2.42. The molecule has 9 heteroatoms. The molecule has 0 radical (unpaired) electrons. The molecule has 1 aliphatic carbocycles. The maximum Gasteiger partial charge on any atom is 0.395 e. The van der Waals surface area contributed by atoms with Gasteiger partial charge in [-0.25, -0.2) is 0 Å². The molecule has 1 saturated carbocycles. The number of aromatic hydroxyl groups is 1. The van der Waals surface area contributed by atoms with E-state index < -0.39 is 17.5 Å². The number of carbonyl (C=O) groups is 1. The van der Waals surface area contributed by atoms with Crippen molar-refractivity contribution < 1.29 is 23.1 Å². The number of rotatable bonds is 9. The summed E-state index contributed by atoms with van der Waals surface area (Å²) >= 11 is 1.17. The van der Waals surface area contributed by atoms with Crippen LogP contribution in [0.4, 0.5) is 13.2 Å². The lowest BCUT2D eigenvalue weighted by Gasteiger charge is -2.29. The van der Waals surface area contributed by atoms with E-state index in [1.807, 2.05) is 32.0 Å². The van der Waals surface area contributed by atoms with Gasteiger partial charge in [0.25, 0.3) is 0 Å². The first-order chi connectivity index (χ1) is 14.5. The van der Waals surface area contributed by atoms with E-state index in [1.54, 1.807) is 12.1 Å². The van der Waals surface area contributed by atoms with Gasteiger partial charge < -0.3 is 15.3 Å². The highest BCUT2D eigenvalue weighted by molar-refractivity contribution is 7.09. The van der Waals surface area contributed by atoms with Crippen molar-refractivity contribution in [2.24, 2.45) is 5.41 Å². The lowest BCUT2D eigenvalue weighted by molar-refractivity contribution is -0.194. The number of phenols is 1. The number of aryl methyl sites for hydroxylation is 1. The Morgan fingerprint density at radius 2 is 2.06 bits per heavy atom. The second kappa shape index (κ2) is 9.16. The van der Waals surface area contributed by atoms with E-state index in [2.05, 4.69) is 10.3 Å². The Kier molecular flexibility index (Phi) is 6.95. The zero-order chi connectivity index (χ0) is 22.8. The molecule has 0 saturated heterocycles. The third kappa shape index (κ3) is 5.38. The van der Waals surface area contributed by atoms with Crippen LogP contribution in [0.2, 0.25) is 0 Å². The van der Waals surface area contributed by atoms with Crippen LogP contribution in [0, 0.1) is 12.3 Å². The maximum absolute atomic E-state index is 13.7. The molecule has 1 amide bonds. The molecule has 1 heterocycles. The summed E-state index contributed by atoms with van der Waals surface area (Å²) in [6.45, 7) is 2.23. The highest BCUT2D eigenvalue weighted by Crippen LogP contribution is 2.66. The number of amides is 1. The number of aromatic nitrogens is 1. The summed E-state index contributed by atoms with van der Waals surface area (Å²) in [5.41, 5.74) is 1.68. The van der Waals surface area contributed by atoms with Crippen LogP contribution in [0.5, 0.6) is 5.75 Å². The summed E-state index contributed by atoms with van der Waals surface area (Å²) in [5, 5.41) is 12.4. The van der Waals surface area contributed by atoms with E-state index in [-0.39, 0.29) is 37.0 Å². The average Bonchev–Trinajstić information content (AvgIpc) is 3.32. The number of hydrogen-bond acceptors (Lipinski definition) is 5. The number of carbonyl (C=O) groups excluding carboxylic acids is 1. The monoisotopic (exact) mass is 455 g/mol. The third-order valence-corrected chi connectivity index (χ3v) is 7.14. The van der Waals surface area contributed by atoms with Crippen LogP contribution in [0.15, 0.2) is 29.9 Å². The number of halogens is 3. The Balaban J connectivity index is 1.66. The fraction of sp³-hybridized carbons (Fsp3) is 0.545. The zero-order valence-electron chi connectivity index (χ0n) is 17.9. The van der Waals surface area contributed by atoms with Crippen LogP contribution in [-0.2, 0) is 11.2 Å². The second-order valence-electron chi connectivity index (χ2n) is 8.55. The SMILES string of the molecule is Cc1cc(O)ccc1C[C@@H](CNC(=O)C[C@@H](c1cncs1)C1(C(F)(F)F)CC1)N(C)C. The van der Waals surface area contributed by atoms with Gasteiger partial charge in [-0.1, -0.05) is 6.07 Å². The largest absolute Gasteiger partial charge is 0.508 e. The lowest BCUT2D eigenvalue weighted by atomic mass is 9.84. The molecule has 2 atom stereocenters. The highest BCUT2D eigenvalue weighted by atomic mass is 32.1. The highest BCUT2D eigenvalue weighted by Gasteiger charge is 2.67. The maximum atomic E-state index is 13.7. The van der Waals surface area contributed by atoms with Crippen molar-refractivity contribution in [3.05, 3.63) is 45.9 Å². The molecule has 1 aromatic heterocycles. The van der Waals surface area contributed by atoms with E-state index in [1.165, 1.54) is 23.0 Å². The smallest absolute Gasteiger partial charge is 0.395 e. The number of hydrogen-bond donors (Lipinski definition) is 2. The Hall–Kier alpha value is -2.13. The van der Waals surface area contributed by atoms with Crippen LogP contribution < -0.4 is 5.32 Å². The van der Waals surface area contributed by atoms with Crippen molar-refractivity contribution in [2.45, 2.75) is 50.7 Å². The summed E-state index contributed by atoms with van der Waals surface area (Å²) in [7, 11) is 3.80. The van der Waals surface area contributed by atoms with E-state index >= 15 is 0 Å². The number of alkyl halides is 3. The molecule has 31 heavy (non-hydrogen) atoms. The molecule has 1 aliphatic rings. The van der Waals surface area contributed by atoms with Crippen molar-refractivity contribution in [1.82, 2.24) is 15.2 Å². The quantitative estimate of drug-likeness (QED) is 0.593. The predicted molar refractivity (Wildman–Crippen MR) is 114 cm³/mol. The van der Waals surface area contributed by atoms with Gasteiger partial charge >= 0.3 is 6.18 Å². The molecule has 5 nitrogen and oxygen atoms in total. The Bertz CT molecular complexity index is 896. The molecule has 0 unspecified atom stereocenters. The second-order valence-corrected chi connectivity index (χ2v) is 9.47. The zero-order valence-corrected chi connectivity index (χ0v) is 18.7. The molecule has 0 bridgehead atoms. The summed E-state index contributed by atoms with van der Waals surface area (Å²) in [5.74, 6) is -1.09. The van der Waals surface area contributed by atoms with Gasteiger partial charge in [-0.3, -0.25) is 9.78 Å². The van der Waals surface area contributed by atoms with Gasteiger partial charge in [0, 0.05) is 36.0 Å². The summed E-state index contributed by atoms with van der Waals surface area (Å²) in [4.78, 5) is 19.1. The molecular weight excluding hydrogens is 427 g/mol. The van der Waals surface area contributed by atoms with E-state index in [4.69, 9.17) is 0 Å². The normalized spacial score (nSPS) is 17.4. The first-order valence-corrected chi connectivity index (χ1v) is 11.1. The molecule has 0 aliphatic heterocycles. The van der Waals surface area contributed by atoms with Crippen molar-refractivity contribution >= 4 is 17.2 Å². The van der Waals surface area contributed by atoms with Gasteiger partial charge in [0.2, 0.25) is 5.91 Å². The van der Waals surface area contributed by atoms with E-state index in [9.17, 15) is 23.1 Å². The van der Waals surface area contributed by atoms with Crippen LogP contribution in [0.25, 0.3) is 0 Å². The molecular formula is C22H28F3N3O2S. The van der Waals surface area contributed by atoms with E-state index in [0.29, 0.717) is 17.8 Å². The van der Waals surface area contributed by atoms with E-state index in [0.717, 1.165) is 11.1 Å². The van der Waals surface area contributed by atoms with Crippen LogP contribution in [-0.4, -0.2) is 53.8 Å². The molecule has 0 spiro atoms. The molecule has 1 aromatic carbocycles. The molecule has 1 fully saturated rings. The van der Waals surface area contributed by atoms with Gasteiger partial charge in [-0.2, -0.15) is 13.2 Å². The van der Waals surface area contributed by atoms with Gasteiger partial charge in [0.05, 0.1) is 10.9 Å². The Labute approximate surface area is 184 Å². The Morgan fingerprint density at radius 1 is 1.35 bits per heavy atom. The number of nitrogens with zero attached hydrogens (tertiary/aromatic N) is 2. The average molecular weight is 456 g/mol. The first kappa shape index (κ1) is 23.5. The molecule has 170 valence electrons. The van der Waals surface area contributed by atoms with Crippen molar-refractivity contribution in [1.29, 1.82) is 0 Å². The topological polar surface area (TPSA) is 65.5 Å². The number of thiazole rings is 1. The van der Waals surface area contributed by atoms with Crippen LogP contribution in [0.1, 0.15) is 41.2 Å². The van der Waals surface area contributed by atoms with Crippen LogP contribution in [0.3, 0.4) is 0 Å². The number of benzene rings is 1. The standard InChI is InChI=1S/C22H28F3N3O2S/c1-14-8-17(29)5-4-15(14)9-16(28(2)3)11-27-20(30)10-18(19-12-26-13-31-19)21(6-7-21)22(23,24)25/h4-5,8,12-13,16,18,29H,6-7,9-11H2,1-3H3,(H,27,30)/t16-,18-/m0/s1. The number of phenolic OH excluding ortho intramolecular Hbond substituents is 1. The van der Waals surface area contributed by atoms with Gasteiger partial charge in [-0.05, 0) is 63.5 Å². The molecule has 2 aromatic rings. The summed E-state index contributed by atoms with van der Waals surface area (Å²) in [6.07, 6.45) is -2.36. The van der Waals surface area contributed by atoms with Crippen molar-refractivity contribution in [3.63, 3.8) is 0 Å². The van der Waals surface area contributed by atoms with Crippen molar-refractivity contribution in [3.8, 4) is 5.75 Å². The summed E-state index contributed by atoms with van der Waals surface area (Å²) < 4.78 is 41.2. The number of likely N-dealkylation sites (N-methyl/N-ethyl adjacent to an activating group) is 1. The molecule has 3 rings (SSSR count). The first-order valence-electron chi connectivity index (χ1n) is 10.2.